The second kappa shape index (κ2) is 17.5. The van der Waals surface area contributed by atoms with Gasteiger partial charge in [0.1, 0.15) is 23.2 Å². The third-order valence-corrected chi connectivity index (χ3v) is 9.52. The number of hydrogen-bond acceptors (Lipinski definition) is 7. The van der Waals surface area contributed by atoms with Crippen molar-refractivity contribution in [2.75, 3.05) is 13.2 Å². The van der Waals surface area contributed by atoms with Crippen LogP contribution in [0.5, 0.6) is 11.5 Å². The van der Waals surface area contributed by atoms with Crippen molar-refractivity contribution in [1.82, 2.24) is 0 Å². The van der Waals surface area contributed by atoms with Crippen molar-refractivity contribution < 1.29 is 24.2 Å². The average molecular weight is 707 g/mol. The van der Waals surface area contributed by atoms with E-state index in [4.69, 9.17) is 43.4 Å². The standard InChI is InChI=1S/C22H19ClO3.C19H24N4O2/c23-16-11-9-14(10-12-16)13-5-7-15(8-6-13)19-20(24)17-3-1-2-4-18(17)21(25)22(19)26;20-18(21)14-4-8-16(9-5-14)24-12-2-1-3-13-25-17-10-6-15(7-11-17)19(22)23/h1-4,9-13,15,26H,5-8H2;4-11H,1-3,12-13H2,(H3,20,21)(H3,22,23)/t13-,15-;. The molecule has 7 N–H and O–H groups in total. The van der Waals surface area contributed by atoms with E-state index in [-0.39, 0.29) is 29.1 Å². The maximum absolute atomic E-state index is 12.9. The van der Waals surface area contributed by atoms with Crippen molar-refractivity contribution in [3.05, 3.63) is 141 Å². The van der Waals surface area contributed by atoms with Crippen molar-refractivity contribution in [3.63, 3.8) is 0 Å². The number of hydrogen-bond donors (Lipinski definition) is 5. The lowest BCUT2D eigenvalue weighted by Crippen LogP contribution is -2.28. The number of carbonyl (C=O) groups excluding carboxylic acids is 2. The summed E-state index contributed by atoms with van der Waals surface area (Å²) < 4.78 is 11.3. The minimum atomic E-state index is -0.435. The average Bonchev–Trinajstić information content (AvgIpc) is 3.15. The highest BCUT2D eigenvalue weighted by molar-refractivity contribution is 6.30. The molecule has 0 bridgehead atoms. The Labute approximate surface area is 303 Å². The molecule has 6 rings (SSSR count). The summed E-state index contributed by atoms with van der Waals surface area (Å²) in [6.45, 7) is 1.29. The van der Waals surface area contributed by atoms with E-state index in [1.807, 2.05) is 36.4 Å². The van der Waals surface area contributed by atoms with Crippen LogP contribution in [0.4, 0.5) is 0 Å². The van der Waals surface area contributed by atoms with Gasteiger partial charge >= 0.3 is 0 Å². The molecule has 0 radical (unpaired) electrons. The van der Waals surface area contributed by atoms with E-state index >= 15 is 0 Å². The molecule has 0 atom stereocenters. The number of halogens is 1. The van der Waals surface area contributed by atoms with E-state index in [2.05, 4.69) is 12.1 Å². The summed E-state index contributed by atoms with van der Waals surface area (Å²) >= 11 is 5.96. The fraction of sp³-hybridized carbons (Fsp3) is 0.268. The van der Waals surface area contributed by atoms with Crippen LogP contribution >= 0.6 is 11.6 Å². The second-order valence-electron chi connectivity index (χ2n) is 12.7. The van der Waals surface area contributed by atoms with Gasteiger partial charge in [0.15, 0.2) is 11.5 Å². The SMILES string of the molecule is N=C(N)c1ccc(OCCCCCOc2ccc(C(=N)N)cc2)cc1.O=C1C(O)=C([C@H]2CC[C@H](c3ccc(Cl)cc3)CC2)C(=O)c2ccccc21. The molecule has 0 aliphatic heterocycles. The van der Waals surface area contributed by atoms with Gasteiger partial charge in [-0.3, -0.25) is 20.4 Å². The Morgan fingerprint density at radius 3 is 1.57 bits per heavy atom. The molecule has 264 valence electrons. The maximum Gasteiger partial charge on any atom is 0.228 e. The third-order valence-electron chi connectivity index (χ3n) is 9.26. The zero-order chi connectivity index (χ0) is 36.3. The van der Waals surface area contributed by atoms with E-state index in [0.29, 0.717) is 47.0 Å². The number of nitrogens with one attached hydrogen (secondary N) is 2. The van der Waals surface area contributed by atoms with Crippen LogP contribution in [0.3, 0.4) is 0 Å². The van der Waals surface area contributed by atoms with Gasteiger partial charge in [-0.05, 0) is 123 Å². The number of benzene rings is 4. The number of amidine groups is 2. The number of fused-ring (bicyclic) bond motifs is 1. The molecule has 0 amide bonds. The van der Waals surface area contributed by atoms with E-state index in [0.717, 1.165) is 61.5 Å². The Morgan fingerprint density at radius 1 is 0.647 bits per heavy atom. The van der Waals surface area contributed by atoms with Gasteiger partial charge in [0.25, 0.3) is 0 Å². The highest BCUT2D eigenvalue weighted by atomic mass is 35.5. The number of aliphatic hydroxyl groups excluding tert-OH is 1. The number of unbranched alkanes of at least 4 members (excludes halogenated alkanes) is 2. The van der Waals surface area contributed by atoms with Gasteiger partial charge in [0.05, 0.1) is 13.2 Å². The van der Waals surface area contributed by atoms with Gasteiger partial charge in [-0.15, -0.1) is 0 Å². The lowest BCUT2D eigenvalue weighted by Gasteiger charge is -2.31. The van der Waals surface area contributed by atoms with Crippen LogP contribution in [0.25, 0.3) is 0 Å². The molecule has 4 aromatic rings. The summed E-state index contributed by atoms with van der Waals surface area (Å²) in [5.41, 5.74) is 14.5. The molecule has 2 aliphatic carbocycles. The second-order valence-corrected chi connectivity index (χ2v) is 13.1. The largest absolute Gasteiger partial charge is 0.504 e. The lowest BCUT2D eigenvalue weighted by molar-refractivity contribution is 0.0914. The molecule has 0 aromatic heterocycles. The lowest BCUT2D eigenvalue weighted by atomic mass is 9.72. The molecule has 0 unspecified atom stereocenters. The summed E-state index contributed by atoms with van der Waals surface area (Å²) in [5.74, 6) is 1.05. The molecule has 0 saturated heterocycles. The molecule has 10 heteroatoms. The van der Waals surface area contributed by atoms with Gasteiger partial charge in [0, 0.05) is 32.8 Å². The Morgan fingerprint density at radius 2 is 1.10 bits per heavy atom. The van der Waals surface area contributed by atoms with E-state index in [9.17, 15) is 14.7 Å². The van der Waals surface area contributed by atoms with E-state index in [1.165, 1.54) is 5.56 Å². The highest BCUT2D eigenvalue weighted by Gasteiger charge is 2.37. The van der Waals surface area contributed by atoms with Crippen LogP contribution in [0, 0.1) is 16.7 Å². The predicted molar refractivity (Wildman–Crippen MR) is 201 cm³/mol. The fourth-order valence-electron chi connectivity index (χ4n) is 6.43. The van der Waals surface area contributed by atoms with Gasteiger partial charge < -0.3 is 26.0 Å². The molecular formula is C41H43ClN4O5. The summed E-state index contributed by atoms with van der Waals surface area (Å²) in [7, 11) is 0. The molecule has 51 heavy (non-hydrogen) atoms. The van der Waals surface area contributed by atoms with Gasteiger partial charge in [-0.25, -0.2) is 0 Å². The van der Waals surface area contributed by atoms with Crippen LogP contribution < -0.4 is 20.9 Å². The minimum Gasteiger partial charge on any atom is -0.504 e. The normalized spacial score (nSPS) is 16.8. The minimum absolute atomic E-state index is 0.0579. The third kappa shape index (κ3) is 9.64. The summed E-state index contributed by atoms with van der Waals surface area (Å²) in [6, 6.07) is 29.0. The van der Waals surface area contributed by atoms with Crippen LogP contribution in [0.2, 0.25) is 5.02 Å². The quantitative estimate of drug-likeness (QED) is 0.0559. The Hall–Kier alpha value is -5.41. The van der Waals surface area contributed by atoms with Crippen LogP contribution in [0.15, 0.2) is 108 Å². The van der Waals surface area contributed by atoms with Crippen molar-refractivity contribution in [1.29, 1.82) is 10.8 Å². The van der Waals surface area contributed by atoms with Crippen molar-refractivity contribution in [2.24, 2.45) is 17.4 Å². The first-order valence-corrected chi connectivity index (χ1v) is 17.5. The number of carbonyl (C=O) groups is 2. The zero-order valence-electron chi connectivity index (χ0n) is 28.4. The summed E-state index contributed by atoms with van der Waals surface area (Å²) in [4.78, 5) is 25.3. The molecule has 2 aliphatic rings. The number of ether oxygens (including phenoxy) is 2. The maximum atomic E-state index is 12.9. The first-order valence-electron chi connectivity index (χ1n) is 17.1. The summed E-state index contributed by atoms with van der Waals surface area (Å²) in [5, 5.41) is 25.8. The predicted octanol–water partition coefficient (Wildman–Crippen LogP) is 8.39. The number of allylic oxidation sites excluding steroid dienone is 2. The summed E-state index contributed by atoms with van der Waals surface area (Å²) in [6.07, 6.45) is 6.32. The van der Waals surface area contributed by atoms with Crippen molar-refractivity contribution in [3.8, 4) is 11.5 Å². The fourth-order valence-corrected chi connectivity index (χ4v) is 6.56. The number of nitrogen functional groups attached to an aromatic ring is 2. The highest BCUT2D eigenvalue weighted by Crippen LogP contribution is 2.42. The smallest absolute Gasteiger partial charge is 0.228 e. The van der Waals surface area contributed by atoms with Crippen LogP contribution in [-0.2, 0) is 0 Å². The Balaban J connectivity index is 0.000000198. The first kappa shape index (κ1) is 36.9. The van der Waals surface area contributed by atoms with Crippen molar-refractivity contribution >= 4 is 34.8 Å². The van der Waals surface area contributed by atoms with E-state index in [1.54, 1.807) is 48.5 Å². The molecule has 4 aromatic carbocycles. The Kier molecular flexibility index (Phi) is 12.6. The number of aliphatic hydroxyl groups is 1. The Bertz CT molecular complexity index is 1820. The van der Waals surface area contributed by atoms with Crippen LogP contribution in [-0.4, -0.2) is 41.6 Å². The first-order chi connectivity index (χ1) is 24.6. The van der Waals surface area contributed by atoms with Gasteiger partial charge in [-0.2, -0.15) is 0 Å². The number of nitrogens with two attached hydrogens (primary N) is 2. The van der Waals surface area contributed by atoms with Crippen molar-refractivity contribution in [2.45, 2.75) is 50.9 Å². The molecule has 1 saturated carbocycles. The van der Waals surface area contributed by atoms with Crippen LogP contribution in [0.1, 0.15) is 88.3 Å². The molecule has 0 heterocycles. The molecular weight excluding hydrogens is 664 g/mol. The molecule has 9 nitrogen and oxygen atoms in total. The zero-order valence-corrected chi connectivity index (χ0v) is 29.1. The number of rotatable bonds is 12. The van der Waals surface area contributed by atoms with Gasteiger partial charge in [-0.1, -0.05) is 48.0 Å². The topological polar surface area (TPSA) is 173 Å². The molecule has 1 fully saturated rings. The molecule has 0 spiro atoms. The van der Waals surface area contributed by atoms with E-state index < -0.39 is 5.78 Å². The number of ketones is 2. The van der Waals surface area contributed by atoms with Gasteiger partial charge in [0.2, 0.25) is 5.78 Å². The monoisotopic (exact) mass is 706 g/mol. The number of Topliss-reactive ketones (excluding diaryl/α,β-unsaturated/α-hetero) is 2.